The molecular formula is C10H13FO4S. The van der Waals surface area contributed by atoms with Crippen molar-refractivity contribution in [3.8, 4) is 0 Å². The summed E-state index contributed by atoms with van der Waals surface area (Å²) in [4.78, 5) is 0. The van der Waals surface area contributed by atoms with Crippen LogP contribution in [-0.2, 0) is 9.84 Å². The highest BCUT2D eigenvalue weighted by molar-refractivity contribution is 7.91. The van der Waals surface area contributed by atoms with Crippen molar-refractivity contribution in [3.05, 3.63) is 35.6 Å². The van der Waals surface area contributed by atoms with Gasteiger partial charge < -0.3 is 10.2 Å². The topological polar surface area (TPSA) is 74.6 Å². The lowest BCUT2D eigenvalue weighted by Crippen LogP contribution is -2.31. The van der Waals surface area contributed by atoms with Crippen LogP contribution in [-0.4, -0.2) is 36.7 Å². The van der Waals surface area contributed by atoms with Gasteiger partial charge in [0.1, 0.15) is 11.1 Å². The Balaban J connectivity index is 3.00. The first kappa shape index (κ1) is 13.1. The fraction of sp³-hybridized carbons (Fsp3) is 0.400. The number of aliphatic hydroxyl groups excluding tert-OH is 2. The number of halogens is 1. The minimum absolute atomic E-state index is 0.255. The molecule has 0 aliphatic heterocycles. The van der Waals surface area contributed by atoms with E-state index in [9.17, 15) is 17.9 Å². The van der Waals surface area contributed by atoms with Crippen LogP contribution in [0.25, 0.3) is 0 Å². The van der Waals surface area contributed by atoms with Gasteiger partial charge in [0, 0.05) is 6.26 Å². The molecule has 0 aliphatic carbocycles. The summed E-state index contributed by atoms with van der Waals surface area (Å²) in [7, 11) is -3.57. The molecule has 0 spiro atoms. The van der Waals surface area contributed by atoms with Crippen LogP contribution >= 0.6 is 0 Å². The molecule has 0 aliphatic rings. The Morgan fingerprint density at radius 1 is 1.31 bits per heavy atom. The second kappa shape index (κ2) is 4.90. The zero-order valence-electron chi connectivity index (χ0n) is 8.67. The van der Waals surface area contributed by atoms with Crippen molar-refractivity contribution in [2.75, 3.05) is 12.9 Å². The van der Waals surface area contributed by atoms with Gasteiger partial charge in [-0.1, -0.05) is 12.1 Å². The molecule has 0 saturated heterocycles. The Hall–Kier alpha value is -0.980. The highest BCUT2D eigenvalue weighted by Gasteiger charge is 2.29. The molecule has 1 aromatic rings. The van der Waals surface area contributed by atoms with E-state index < -0.39 is 33.6 Å². The van der Waals surface area contributed by atoms with Crippen LogP contribution in [0.1, 0.15) is 11.7 Å². The van der Waals surface area contributed by atoms with Gasteiger partial charge in [0.05, 0.1) is 12.7 Å². The van der Waals surface area contributed by atoms with Crippen LogP contribution < -0.4 is 0 Å². The quantitative estimate of drug-likeness (QED) is 0.801. The van der Waals surface area contributed by atoms with E-state index in [4.69, 9.17) is 5.11 Å². The molecule has 16 heavy (non-hydrogen) atoms. The minimum atomic E-state index is -3.57. The second-order valence-electron chi connectivity index (χ2n) is 3.55. The summed E-state index contributed by atoms with van der Waals surface area (Å²) in [5.74, 6) is -0.476. The molecule has 90 valence electrons. The van der Waals surface area contributed by atoms with Crippen molar-refractivity contribution in [3.63, 3.8) is 0 Å². The molecule has 2 N–H and O–H groups in total. The zero-order chi connectivity index (χ0) is 12.3. The van der Waals surface area contributed by atoms with E-state index in [0.717, 1.165) is 18.4 Å². The van der Waals surface area contributed by atoms with E-state index in [1.807, 2.05) is 0 Å². The van der Waals surface area contributed by atoms with Gasteiger partial charge in [0.25, 0.3) is 0 Å². The van der Waals surface area contributed by atoms with E-state index >= 15 is 0 Å². The van der Waals surface area contributed by atoms with Crippen molar-refractivity contribution < 1.29 is 23.0 Å². The van der Waals surface area contributed by atoms with E-state index in [1.165, 1.54) is 12.1 Å². The van der Waals surface area contributed by atoms with Gasteiger partial charge in [0.15, 0.2) is 9.84 Å². The van der Waals surface area contributed by atoms with Crippen molar-refractivity contribution in [1.82, 2.24) is 0 Å². The lowest BCUT2D eigenvalue weighted by Gasteiger charge is -2.19. The summed E-state index contributed by atoms with van der Waals surface area (Å²) >= 11 is 0. The van der Waals surface area contributed by atoms with Crippen LogP contribution in [0.3, 0.4) is 0 Å². The minimum Gasteiger partial charge on any atom is -0.395 e. The Bertz CT molecular complexity index is 440. The van der Waals surface area contributed by atoms with Gasteiger partial charge in [0.2, 0.25) is 0 Å². The summed E-state index contributed by atoms with van der Waals surface area (Å²) in [5, 5.41) is 17.4. The maximum atomic E-state index is 12.6. The first-order valence-electron chi connectivity index (χ1n) is 4.59. The molecule has 0 heterocycles. The van der Waals surface area contributed by atoms with E-state index in [2.05, 4.69) is 0 Å². The normalized spacial score (nSPS) is 15.8. The molecule has 0 aromatic heterocycles. The number of hydrogen-bond donors (Lipinski definition) is 2. The van der Waals surface area contributed by atoms with Gasteiger partial charge in [-0.3, -0.25) is 0 Å². The summed E-state index contributed by atoms with van der Waals surface area (Å²) in [6, 6.07) is 4.81. The Morgan fingerprint density at radius 3 is 2.19 bits per heavy atom. The predicted molar refractivity (Wildman–Crippen MR) is 57.1 cm³/mol. The summed E-state index contributed by atoms with van der Waals surface area (Å²) in [5.41, 5.74) is 0.255. The lowest BCUT2D eigenvalue weighted by atomic mass is 10.1. The maximum absolute atomic E-state index is 12.6. The van der Waals surface area contributed by atoms with Crippen LogP contribution in [0.15, 0.2) is 24.3 Å². The summed E-state index contributed by atoms with van der Waals surface area (Å²) in [6.07, 6.45) is -0.429. The zero-order valence-corrected chi connectivity index (χ0v) is 9.48. The molecule has 4 nitrogen and oxygen atoms in total. The average Bonchev–Trinajstić information content (AvgIpc) is 2.17. The number of benzene rings is 1. The third kappa shape index (κ3) is 3.01. The number of sulfone groups is 1. The summed E-state index contributed by atoms with van der Waals surface area (Å²) < 4.78 is 35.1. The van der Waals surface area contributed by atoms with Crippen molar-refractivity contribution in [2.24, 2.45) is 0 Å². The number of hydrogen-bond acceptors (Lipinski definition) is 4. The van der Waals surface area contributed by atoms with Crippen LogP contribution in [0.4, 0.5) is 4.39 Å². The molecule has 0 radical (unpaired) electrons. The van der Waals surface area contributed by atoms with Gasteiger partial charge in [-0.05, 0) is 17.7 Å². The maximum Gasteiger partial charge on any atom is 0.155 e. The third-order valence-corrected chi connectivity index (χ3v) is 3.80. The molecule has 2 atom stereocenters. The molecule has 0 amide bonds. The molecule has 0 unspecified atom stereocenters. The van der Waals surface area contributed by atoms with Crippen molar-refractivity contribution in [2.45, 2.75) is 11.4 Å². The van der Waals surface area contributed by atoms with E-state index in [0.29, 0.717) is 0 Å². The Kier molecular flexibility index (Phi) is 4.01. The van der Waals surface area contributed by atoms with Crippen LogP contribution in [0, 0.1) is 5.82 Å². The average molecular weight is 248 g/mol. The molecule has 1 aromatic carbocycles. The molecule has 6 heteroatoms. The SMILES string of the molecule is CS(=O)(=O)[C@H](CO)[C@@H](O)c1ccc(F)cc1. The fourth-order valence-corrected chi connectivity index (χ4v) is 2.24. The van der Waals surface area contributed by atoms with Gasteiger partial charge >= 0.3 is 0 Å². The van der Waals surface area contributed by atoms with E-state index in [1.54, 1.807) is 0 Å². The van der Waals surface area contributed by atoms with Crippen molar-refractivity contribution in [1.29, 1.82) is 0 Å². The molecule has 1 rings (SSSR count). The smallest absolute Gasteiger partial charge is 0.155 e. The van der Waals surface area contributed by atoms with Crippen LogP contribution in [0.2, 0.25) is 0 Å². The van der Waals surface area contributed by atoms with Gasteiger partial charge in [-0.25, -0.2) is 12.8 Å². The Morgan fingerprint density at radius 2 is 1.81 bits per heavy atom. The van der Waals surface area contributed by atoms with Gasteiger partial charge in [-0.2, -0.15) is 0 Å². The third-order valence-electron chi connectivity index (χ3n) is 2.29. The molecule has 0 saturated carbocycles. The number of aliphatic hydroxyl groups is 2. The van der Waals surface area contributed by atoms with Gasteiger partial charge in [-0.15, -0.1) is 0 Å². The van der Waals surface area contributed by atoms with Crippen LogP contribution in [0.5, 0.6) is 0 Å². The molecular weight excluding hydrogens is 235 g/mol. The standard InChI is InChI=1S/C10H13FO4S/c1-16(14,15)9(6-12)10(13)7-2-4-8(11)5-3-7/h2-5,9-10,12-13H,6H2,1H3/t9-,10+/m1/s1. The largest absolute Gasteiger partial charge is 0.395 e. The number of rotatable bonds is 4. The first-order valence-corrected chi connectivity index (χ1v) is 6.55. The highest BCUT2D eigenvalue weighted by atomic mass is 32.2. The molecule has 0 fully saturated rings. The summed E-state index contributed by atoms with van der Waals surface area (Å²) in [6.45, 7) is -0.683. The first-order chi connectivity index (χ1) is 7.36. The van der Waals surface area contributed by atoms with Crippen molar-refractivity contribution >= 4 is 9.84 Å². The Labute approximate surface area is 93.3 Å². The monoisotopic (exact) mass is 248 g/mol. The fourth-order valence-electron chi connectivity index (χ4n) is 1.34. The lowest BCUT2D eigenvalue weighted by molar-refractivity contribution is 0.138. The highest BCUT2D eigenvalue weighted by Crippen LogP contribution is 2.21. The second-order valence-corrected chi connectivity index (χ2v) is 5.81. The molecule has 0 bridgehead atoms. The predicted octanol–water partition coefficient (Wildman–Crippen LogP) is 0.265. The van der Waals surface area contributed by atoms with E-state index in [-0.39, 0.29) is 5.56 Å².